The third kappa shape index (κ3) is 3.44. The third-order valence-corrected chi connectivity index (χ3v) is 3.18. The van der Waals surface area contributed by atoms with Gasteiger partial charge in [0, 0.05) is 11.6 Å². The zero-order valence-electron chi connectivity index (χ0n) is 11.7. The Balaban J connectivity index is 3.21. The van der Waals surface area contributed by atoms with Gasteiger partial charge in [-0.1, -0.05) is 6.92 Å². The van der Waals surface area contributed by atoms with Gasteiger partial charge in [0.15, 0.2) is 0 Å². The maximum atomic E-state index is 13.4. The number of hydrogen-bond donors (Lipinski definition) is 1. The minimum absolute atomic E-state index is 0.326. The fourth-order valence-corrected chi connectivity index (χ4v) is 2.21. The van der Waals surface area contributed by atoms with Crippen LogP contribution in [0.15, 0.2) is 18.2 Å². The van der Waals surface area contributed by atoms with Crippen LogP contribution in [0.1, 0.15) is 24.9 Å². The molecule has 0 fully saturated rings. The third-order valence-electron chi connectivity index (χ3n) is 3.18. The molecule has 0 bridgehead atoms. The van der Waals surface area contributed by atoms with E-state index in [2.05, 4.69) is 5.32 Å². The summed E-state index contributed by atoms with van der Waals surface area (Å²) in [5, 5.41) is 3.04. The van der Waals surface area contributed by atoms with E-state index >= 15 is 0 Å². The first-order valence-electron chi connectivity index (χ1n) is 6.17. The number of rotatable bonds is 6. The number of halogens is 1. The molecule has 106 valence electrons. The molecular weight excluding hydrogens is 249 g/mol. The molecule has 2 unspecified atom stereocenters. The molecule has 1 aromatic carbocycles. The number of methoxy groups -OCH3 is 2. The molecule has 0 saturated heterocycles. The van der Waals surface area contributed by atoms with Crippen molar-refractivity contribution in [2.45, 2.75) is 19.4 Å². The van der Waals surface area contributed by atoms with Gasteiger partial charge in [-0.15, -0.1) is 0 Å². The lowest BCUT2D eigenvalue weighted by atomic mass is 9.90. The number of ether oxygens (including phenoxy) is 2. The van der Waals surface area contributed by atoms with Gasteiger partial charge < -0.3 is 14.8 Å². The van der Waals surface area contributed by atoms with Crippen LogP contribution in [0.2, 0.25) is 0 Å². The van der Waals surface area contributed by atoms with E-state index in [0.29, 0.717) is 17.7 Å². The normalized spacial score (nSPS) is 13.7. The summed E-state index contributed by atoms with van der Waals surface area (Å²) in [7, 11) is 4.59. The van der Waals surface area contributed by atoms with Crippen molar-refractivity contribution in [1.29, 1.82) is 0 Å². The number of benzene rings is 1. The summed E-state index contributed by atoms with van der Waals surface area (Å²) in [4.78, 5) is 11.8. The Hall–Kier alpha value is -1.62. The molecule has 0 heterocycles. The molecule has 1 rings (SSSR count). The van der Waals surface area contributed by atoms with Gasteiger partial charge >= 0.3 is 5.97 Å². The van der Waals surface area contributed by atoms with Crippen LogP contribution < -0.4 is 10.1 Å². The molecule has 1 N–H and O–H groups in total. The Labute approximate surface area is 112 Å². The van der Waals surface area contributed by atoms with Crippen LogP contribution in [0.4, 0.5) is 4.39 Å². The molecule has 19 heavy (non-hydrogen) atoms. The summed E-state index contributed by atoms with van der Waals surface area (Å²) >= 11 is 0. The van der Waals surface area contributed by atoms with Crippen molar-refractivity contribution >= 4 is 5.97 Å². The van der Waals surface area contributed by atoms with Crippen molar-refractivity contribution in [2.75, 3.05) is 21.3 Å². The van der Waals surface area contributed by atoms with Gasteiger partial charge in [0.2, 0.25) is 0 Å². The van der Waals surface area contributed by atoms with E-state index in [9.17, 15) is 9.18 Å². The van der Waals surface area contributed by atoms with Crippen molar-refractivity contribution in [3.63, 3.8) is 0 Å². The second-order valence-electron chi connectivity index (χ2n) is 4.19. The number of hydrogen-bond acceptors (Lipinski definition) is 4. The Morgan fingerprint density at radius 3 is 2.58 bits per heavy atom. The minimum Gasteiger partial charge on any atom is -0.496 e. The highest BCUT2D eigenvalue weighted by Crippen LogP contribution is 2.32. The topological polar surface area (TPSA) is 47.6 Å². The highest BCUT2D eigenvalue weighted by atomic mass is 19.1. The molecule has 5 heteroatoms. The van der Waals surface area contributed by atoms with Crippen molar-refractivity contribution in [2.24, 2.45) is 5.92 Å². The average molecular weight is 269 g/mol. The van der Waals surface area contributed by atoms with Crippen LogP contribution in [-0.2, 0) is 9.53 Å². The Bertz CT molecular complexity index is 437. The minimum atomic E-state index is -0.398. The maximum absolute atomic E-state index is 13.4. The number of carbonyl (C=O) groups is 1. The number of esters is 1. The van der Waals surface area contributed by atoms with E-state index in [1.807, 2.05) is 6.92 Å². The zero-order chi connectivity index (χ0) is 14.4. The van der Waals surface area contributed by atoms with Crippen molar-refractivity contribution < 1.29 is 18.7 Å². The predicted octanol–water partition coefficient (Wildman–Crippen LogP) is 2.29. The molecule has 0 saturated carbocycles. The lowest BCUT2D eigenvalue weighted by Gasteiger charge is -2.25. The predicted molar refractivity (Wildman–Crippen MR) is 70.5 cm³/mol. The van der Waals surface area contributed by atoms with Crippen molar-refractivity contribution in [3.8, 4) is 5.75 Å². The fourth-order valence-electron chi connectivity index (χ4n) is 2.21. The summed E-state index contributed by atoms with van der Waals surface area (Å²) in [5.41, 5.74) is 0.613. The van der Waals surface area contributed by atoms with Gasteiger partial charge in [0.05, 0.1) is 20.1 Å². The highest BCUT2D eigenvalue weighted by molar-refractivity contribution is 5.73. The highest BCUT2D eigenvalue weighted by Gasteiger charge is 2.30. The van der Waals surface area contributed by atoms with E-state index in [1.54, 1.807) is 13.1 Å². The molecule has 1 aromatic rings. The van der Waals surface area contributed by atoms with E-state index < -0.39 is 5.92 Å². The largest absolute Gasteiger partial charge is 0.496 e. The second-order valence-corrected chi connectivity index (χ2v) is 4.19. The molecule has 0 aliphatic carbocycles. The number of nitrogens with one attached hydrogen (secondary N) is 1. The maximum Gasteiger partial charge on any atom is 0.310 e. The smallest absolute Gasteiger partial charge is 0.310 e. The molecular formula is C14H20FNO3. The van der Waals surface area contributed by atoms with Gasteiger partial charge in [-0.05, 0) is 31.7 Å². The zero-order valence-corrected chi connectivity index (χ0v) is 11.7. The molecule has 0 spiro atoms. The lowest BCUT2D eigenvalue weighted by molar-refractivity contribution is -0.146. The van der Waals surface area contributed by atoms with Crippen molar-refractivity contribution in [1.82, 2.24) is 5.32 Å². The Morgan fingerprint density at radius 2 is 2.11 bits per heavy atom. The molecule has 2 atom stereocenters. The summed E-state index contributed by atoms with van der Waals surface area (Å²) in [6.45, 7) is 1.89. The molecule has 4 nitrogen and oxygen atoms in total. The van der Waals surface area contributed by atoms with Gasteiger partial charge in [-0.3, -0.25) is 4.79 Å². The quantitative estimate of drug-likeness (QED) is 0.805. The molecule has 0 aliphatic heterocycles. The second kappa shape index (κ2) is 7.09. The van der Waals surface area contributed by atoms with Crippen LogP contribution in [0.5, 0.6) is 5.75 Å². The Kier molecular flexibility index (Phi) is 5.76. The van der Waals surface area contributed by atoms with Crippen molar-refractivity contribution in [3.05, 3.63) is 29.6 Å². The summed E-state index contributed by atoms with van der Waals surface area (Å²) in [6, 6.07) is 3.90. The molecule has 0 radical (unpaired) electrons. The summed E-state index contributed by atoms with van der Waals surface area (Å²) in [6.07, 6.45) is 0.581. The van der Waals surface area contributed by atoms with E-state index in [-0.39, 0.29) is 17.8 Å². The molecule has 0 amide bonds. The average Bonchev–Trinajstić information content (AvgIpc) is 2.43. The van der Waals surface area contributed by atoms with Crippen LogP contribution in [-0.4, -0.2) is 27.2 Å². The first-order valence-corrected chi connectivity index (χ1v) is 6.17. The van der Waals surface area contributed by atoms with Crippen LogP contribution in [0.25, 0.3) is 0 Å². The fraction of sp³-hybridized carbons (Fsp3) is 0.500. The SMILES string of the molecule is CCC(C(=O)OC)C(NC)c1cc(F)ccc1OC. The summed E-state index contributed by atoms with van der Waals surface area (Å²) < 4.78 is 23.5. The van der Waals surface area contributed by atoms with E-state index in [1.165, 1.54) is 26.4 Å². The molecule has 0 aromatic heterocycles. The monoisotopic (exact) mass is 269 g/mol. The van der Waals surface area contributed by atoms with Gasteiger partial charge in [-0.25, -0.2) is 4.39 Å². The van der Waals surface area contributed by atoms with Gasteiger partial charge in [0.1, 0.15) is 11.6 Å². The van der Waals surface area contributed by atoms with Gasteiger partial charge in [-0.2, -0.15) is 0 Å². The first kappa shape index (κ1) is 15.4. The standard InChI is InChI=1S/C14H20FNO3/c1-5-10(14(17)19-4)13(16-2)11-8-9(15)6-7-12(11)18-3/h6-8,10,13,16H,5H2,1-4H3. The van der Waals surface area contributed by atoms with Crippen LogP contribution >= 0.6 is 0 Å². The summed E-state index contributed by atoms with van der Waals surface area (Å²) in [5.74, 6) is -0.544. The first-order chi connectivity index (χ1) is 9.08. The lowest BCUT2D eigenvalue weighted by Crippen LogP contribution is -2.31. The van der Waals surface area contributed by atoms with E-state index in [0.717, 1.165) is 0 Å². The molecule has 0 aliphatic rings. The number of carbonyl (C=O) groups excluding carboxylic acids is 1. The Morgan fingerprint density at radius 1 is 1.42 bits per heavy atom. The van der Waals surface area contributed by atoms with Crippen LogP contribution in [0, 0.1) is 11.7 Å². The van der Waals surface area contributed by atoms with E-state index in [4.69, 9.17) is 9.47 Å². The van der Waals surface area contributed by atoms with Gasteiger partial charge in [0.25, 0.3) is 0 Å². The van der Waals surface area contributed by atoms with Crippen LogP contribution in [0.3, 0.4) is 0 Å².